The number of aliphatic hydroxyl groups excluding tert-OH is 1. The number of halogens is 1. The molecule has 0 bridgehead atoms. The lowest BCUT2D eigenvalue weighted by molar-refractivity contribution is 0.189. The maximum atomic E-state index is 8.60. The number of hydrogen-bond acceptors (Lipinski definition) is 11. The Balaban J connectivity index is 0.000000144. The Morgan fingerprint density at radius 3 is 2.25 bits per heavy atom. The Bertz CT molecular complexity index is 1510. The number of piperidine rings is 1. The van der Waals surface area contributed by atoms with Crippen LogP contribution >= 0.6 is 34.3 Å². The van der Waals surface area contributed by atoms with E-state index in [0.29, 0.717) is 18.4 Å². The first-order valence-corrected chi connectivity index (χ1v) is 18.3. The zero-order valence-electron chi connectivity index (χ0n) is 25.5. The molecule has 0 spiro atoms. The summed E-state index contributed by atoms with van der Waals surface area (Å²) in [5.74, 6) is 1.57. The van der Waals surface area contributed by atoms with Gasteiger partial charge in [-0.15, -0.1) is 22.7 Å². The van der Waals surface area contributed by atoms with E-state index in [0.717, 1.165) is 91.9 Å². The SMILES string of the molecule is Clc1ncnc2sc3c(c12)CCCC3.OCCC1CCNCC1.[2HH].c1nc(OCCN2CCNCC2)c2c3c(sc2n1)CCC3. The summed E-state index contributed by atoms with van der Waals surface area (Å²) in [5, 5.41) is 18.2. The molecule has 0 radical (unpaired) electrons. The summed E-state index contributed by atoms with van der Waals surface area (Å²) in [5.41, 5.74) is 2.84. The van der Waals surface area contributed by atoms with Crippen LogP contribution in [0.15, 0.2) is 12.7 Å². The average molecular weight is 661 g/mol. The minimum absolute atomic E-state index is 0. The molecule has 8 rings (SSSR count). The third-order valence-corrected chi connectivity index (χ3v) is 11.7. The van der Waals surface area contributed by atoms with Gasteiger partial charge in [-0.1, -0.05) is 11.6 Å². The maximum Gasteiger partial charge on any atom is 0.225 e. The Hall–Kier alpha value is -1.99. The quantitative estimate of drug-likeness (QED) is 0.238. The van der Waals surface area contributed by atoms with Crippen LogP contribution in [0.3, 0.4) is 0 Å². The monoisotopic (exact) mass is 660 g/mol. The molecule has 2 saturated heterocycles. The molecule has 44 heavy (non-hydrogen) atoms. The van der Waals surface area contributed by atoms with Crippen molar-refractivity contribution in [1.29, 1.82) is 0 Å². The van der Waals surface area contributed by atoms with Gasteiger partial charge in [-0.2, -0.15) is 0 Å². The summed E-state index contributed by atoms with van der Waals surface area (Å²) in [4.78, 5) is 24.6. The summed E-state index contributed by atoms with van der Waals surface area (Å²) in [6.07, 6.45) is 15.2. The maximum absolute atomic E-state index is 8.60. The lowest BCUT2D eigenvalue weighted by Crippen LogP contribution is -2.44. The molecule has 3 N–H and O–H groups in total. The van der Waals surface area contributed by atoms with Gasteiger partial charge in [0.15, 0.2) is 0 Å². The summed E-state index contributed by atoms with van der Waals surface area (Å²) >= 11 is 9.68. The van der Waals surface area contributed by atoms with Crippen molar-refractivity contribution in [3.05, 3.63) is 38.7 Å². The zero-order chi connectivity index (χ0) is 30.1. The molecule has 0 saturated carbocycles. The number of aliphatic hydroxyl groups is 1. The van der Waals surface area contributed by atoms with E-state index in [-0.39, 0.29) is 1.43 Å². The highest BCUT2D eigenvalue weighted by Gasteiger charge is 2.22. The second-order valence-electron chi connectivity index (χ2n) is 11.9. The Morgan fingerprint density at radius 1 is 0.841 bits per heavy atom. The fraction of sp³-hybridized carbons (Fsp3) is 0.625. The van der Waals surface area contributed by atoms with E-state index in [4.69, 9.17) is 21.4 Å². The molecule has 4 aromatic heterocycles. The molecule has 240 valence electrons. The Morgan fingerprint density at radius 2 is 1.48 bits per heavy atom. The van der Waals surface area contributed by atoms with E-state index in [1.807, 2.05) is 11.3 Å². The number of ether oxygens (including phenoxy) is 1. The fourth-order valence-corrected chi connectivity index (χ4v) is 9.37. The molecular weight excluding hydrogens is 614 g/mol. The number of hydrogen-bond donors (Lipinski definition) is 3. The molecule has 2 aliphatic carbocycles. The molecule has 4 aliphatic rings. The van der Waals surface area contributed by atoms with Gasteiger partial charge in [0.05, 0.1) is 10.8 Å². The molecule has 2 fully saturated rings. The van der Waals surface area contributed by atoms with E-state index in [1.54, 1.807) is 24.0 Å². The van der Waals surface area contributed by atoms with Crippen LogP contribution in [0, 0.1) is 5.92 Å². The number of fused-ring (bicyclic) bond motifs is 6. The van der Waals surface area contributed by atoms with E-state index in [1.165, 1.54) is 71.2 Å². The second kappa shape index (κ2) is 16.0. The Kier molecular flexibility index (Phi) is 11.6. The molecule has 0 atom stereocenters. The van der Waals surface area contributed by atoms with Crippen LogP contribution in [0.5, 0.6) is 5.88 Å². The molecule has 2 aliphatic heterocycles. The van der Waals surface area contributed by atoms with Crippen molar-refractivity contribution in [3.8, 4) is 5.88 Å². The first kappa shape index (κ1) is 32.0. The molecule has 0 amide bonds. The second-order valence-corrected chi connectivity index (χ2v) is 14.4. The van der Waals surface area contributed by atoms with Crippen molar-refractivity contribution in [3.63, 3.8) is 0 Å². The van der Waals surface area contributed by atoms with Crippen molar-refractivity contribution in [1.82, 2.24) is 35.5 Å². The van der Waals surface area contributed by atoms with E-state index in [9.17, 15) is 0 Å². The van der Waals surface area contributed by atoms with Crippen LogP contribution in [-0.4, -0.2) is 89.0 Å². The summed E-state index contributed by atoms with van der Waals surface area (Å²) in [6.45, 7) is 8.70. The van der Waals surface area contributed by atoms with Crippen LogP contribution < -0.4 is 15.4 Å². The fourth-order valence-electron chi connectivity index (χ4n) is 6.62. The van der Waals surface area contributed by atoms with Crippen molar-refractivity contribution in [2.45, 2.75) is 64.2 Å². The van der Waals surface area contributed by atoms with Gasteiger partial charge in [-0.25, -0.2) is 19.9 Å². The number of piperazine rings is 1. The normalized spacial score (nSPS) is 18.7. The van der Waals surface area contributed by atoms with Gasteiger partial charge >= 0.3 is 0 Å². The topological polar surface area (TPSA) is 108 Å². The number of rotatable bonds is 6. The average Bonchev–Trinajstić information content (AvgIpc) is 3.77. The lowest BCUT2D eigenvalue weighted by atomic mass is 9.95. The minimum Gasteiger partial charge on any atom is -0.476 e. The third-order valence-electron chi connectivity index (χ3n) is 9.02. The van der Waals surface area contributed by atoms with Crippen LogP contribution in [0.25, 0.3) is 20.4 Å². The molecular formula is C32H46ClN7O2S2. The summed E-state index contributed by atoms with van der Waals surface area (Å²) < 4.78 is 6.00. The predicted molar refractivity (Wildman–Crippen MR) is 183 cm³/mol. The van der Waals surface area contributed by atoms with Gasteiger partial charge in [0.1, 0.15) is 34.1 Å². The van der Waals surface area contributed by atoms with Gasteiger partial charge in [0.2, 0.25) is 5.88 Å². The smallest absolute Gasteiger partial charge is 0.225 e. The van der Waals surface area contributed by atoms with E-state index < -0.39 is 0 Å². The van der Waals surface area contributed by atoms with Crippen molar-refractivity contribution in [2.24, 2.45) is 5.92 Å². The number of thiophene rings is 2. The first-order chi connectivity index (χ1) is 21.7. The highest BCUT2D eigenvalue weighted by Crippen LogP contribution is 2.40. The standard InChI is InChI=1S/C15H20N4OS.C10H9ClN2S.C7H15NO.H2/c1-2-11-12(3-1)21-15-13(11)14(17-10-18-15)20-9-8-19-6-4-16-5-7-19;11-9-8-6-3-1-2-4-7(6)14-10(8)13-5-12-9;9-6-3-7-1-4-8-5-2-7;/h10,16H,1-9H2;5H,1-4H2;7-9H,1-6H2;1H/i;;;1+1. The highest BCUT2D eigenvalue weighted by molar-refractivity contribution is 7.19. The molecule has 0 unspecified atom stereocenters. The number of aromatic nitrogens is 4. The molecule has 12 heteroatoms. The number of nitrogens with zero attached hydrogens (tertiary/aromatic N) is 5. The van der Waals surface area contributed by atoms with E-state index >= 15 is 0 Å². The predicted octanol–water partition coefficient (Wildman–Crippen LogP) is 5.30. The van der Waals surface area contributed by atoms with Crippen LogP contribution in [0.1, 0.15) is 60.8 Å². The van der Waals surface area contributed by atoms with Gasteiger partial charge in [-0.05, 0) is 94.3 Å². The highest BCUT2D eigenvalue weighted by atomic mass is 35.5. The first-order valence-electron chi connectivity index (χ1n) is 16.2. The van der Waals surface area contributed by atoms with Crippen molar-refractivity contribution < 1.29 is 11.3 Å². The van der Waals surface area contributed by atoms with Crippen LogP contribution in [0.2, 0.25) is 5.15 Å². The van der Waals surface area contributed by atoms with Gasteiger partial charge in [0.25, 0.3) is 0 Å². The van der Waals surface area contributed by atoms with Crippen LogP contribution in [-0.2, 0) is 25.7 Å². The third kappa shape index (κ3) is 7.86. The van der Waals surface area contributed by atoms with Crippen molar-refractivity contribution in [2.75, 3.05) is 59.0 Å². The number of aryl methyl sites for hydroxylation is 4. The van der Waals surface area contributed by atoms with Gasteiger partial charge in [0, 0.05) is 50.5 Å². The molecule has 9 nitrogen and oxygen atoms in total. The Labute approximate surface area is 274 Å². The summed E-state index contributed by atoms with van der Waals surface area (Å²) in [7, 11) is 0. The summed E-state index contributed by atoms with van der Waals surface area (Å²) in [6, 6.07) is 0. The van der Waals surface area contributed by atoms with E-state index in [2.05, 4.69) is 35.5 Å². The molecule has 4 aromatic rings. The molecule has 0 aromatic carbocycles. The minimum atomic E-state index is 0. The van der Waals surface area contributed by atoms with Gasteiger partial charge < -0.3 is 20.5 Å². The number of nitrogens with one attached hydrogen (secondary N) is 2. The zero-order valence-corrected chi connectivity index (χ0v) is 27.8. The van der Waals surface area contributed by atoms with Crippen molar-refractivity contribution >= 4 is 54.7 Å². The lowest BCUT2D eigenvalue weighted by Gasteiger charge is -2.26. The molecule has 6 heterocycles. The largest absolute Gasteiger partial charge is 0.476 e. The van der Waals surface area contributed by atoms with Gasteiger partial charge in [-0.3, -0.25) is 4.90 Å². The van der Waals surface area contributed by atoms with Crippen LogP contribution in [0.4, 0.5) is 0 Å².